The number of ether oxygens (including phenoxy) is 3. The summed E-state index contributed by atoms with van der Waals surface area (Å²) in [5.41, 5.74) is 3.76. The zero-order valence-corrected chi connectivity index (χ0v) is 18.9. The lowest BCUT2D eigenvalue weighted by Gasteiger charge is -2.18. The molecule has 0 saturated carbocycles. The van der Waals surface area contributed by atoms with Crippen molar-refractivity contribution in [1.82, 2.24) is 9.78 Å². The minimum atomic E-state index is -0.160. The molecule has 162 valence electrons. The fourth-order valence-electron chi connectivity index (χ4n) is 3.92. The molecular formula is C26H17BrN2O4. The van der Waals surface area contributed by atoms with Gasteiger partial charge in [-0.2, -0.15) is 5.10 Å². The Morgan fingerprint density at radius 2 is 1.70 bits per heavy atom. The van der Waals surface area contributed by atoms with Gasteiger partial charge >= 0.3 is 0 Å². The average molecular weight is 501 g/mol. The molecule has 0 amide bonds. The van der Waals surface area contributed by atoms with Crippen LogP contribution in [0, 0.1) is 0 Å². The number of allylic oxidation sites excluding steroid dienone is 1. The quantitative estimate of drug-likeness (QED) is 0.338. The number of fused-ring (bicyclic) bond motifs is 2. The van der Waals surface area contributed by atoms with Crippen LogP contribution < -0.4 is 14.2 Å². The number of carbonyl (C=O) groups is 1. The topological polar surface area (TPSA) is 62.6 Å². The van der Waals surface area contributed by atoms with Crippen molar-refractivity contribution in [2.75, 3.05) is 13.2 Å². The largest absolute Gasteiger partial charge is 0.486 e. The number of carbonyl (C=O) groups excluding carboxylic acids is 1. The first-order valence-electron chi connectivity index (χ1n) is 10.4. The first kappa shape index (κ1) is 19.8. The first-order chi connectivity index (χ1) is 16.2. The Morgan fingerprint density at radius 1 is 0.909 bits per heavy atom. The van der Waals surface area contributed by atoms with Crippen molar-refractivity contribution < 1.29 is 19.0 Å². The van der Waals surface area contributed by atoms with E-state index in [1.165, 1.54) is 0 Å². The third kappa shape index (κ3) is 3.60. The number of benzene rings is 3. The zero-order chi connectivity index (χ0) is 22.4. The van der Waals surface area contributed by atoms with Crippen molar-refractivity contribution >= 4 is 27.8 Å². The van der Waals surface area contributed by atoms with Gasteiger partial charge in [-0.05, 0) is 54.6 Å². The van der Waals surface area contributed by atoms with Crippen LogP contribution >= 0.6 is 15.9 Å². The molecule has 3 aromatic carbocycles. The lowest BCUT2D eigenvalue weighted by molar-refractivity contribution is 0.101. The number of nitrogens with zero attached hydrogens (tertiary/aromatic N) is 2. The van der Waals surface area contributed by atoms with Gasteiger partial charge in [0.2, 0.25) is 5.78 Å². The molecule has 0 saturated heterocycles. The van der Waals surface area contributed by atoms with Gasteiger partial charge in [0.15, 0.2) is 17.3 Å². The third-order valence-electron chi connectivity index (χ3n) is 5.50. The molecule has 0 radical (unpaired) electrons. The number of halogens is 1. The van der Waals surface area contributed by atoms with Crippen molar-refractivity contribution in [3.8, 4) is 34.2 Å². The maximum Gasteiger partial charge on any atom is 0.232 e. The molecule has 7 heteroatoms. The maximum atomic E-state index is 13.0. The van der Waals surface area contributed by atoms with Crippen LogP contribution in [0.2, 0.25) is 0 Å². The van der Waals surface area contributed by atoms with Gasteiger partial charge in [0, 0.05) is 21.8 Å². The number of aromatic nitrogens is 2. The molecule has 0 unspecified atom stereocenters. The zero-order valence-electron chi connectivity index (χ0n) is 17.3. The van der Waals surface area contributed by atoms with Gasteiger partial charge in [-0.3, -0.25) is 4.79 Å². The van der Waals surface area contributed by atoms with Crippen molar-refractivity contribution in [3.63, 3.8) is 0 Å². The van der Waals surface area contributed by atoms with Crippen LogP contribution in [-0.4, -0.2) is 28.8 Å². The Bertz CT molecular complexity index is 1430. The molecule has 2 aliphatic rings. The summed E-state index contributed by atoms with van der Waals surface area (Å²) in [5.74, 6) is 2.03. The van der Waals surface area contributed by atoms with Crippen LogP contribution in [-0.2, 0) is 0 Å². The van der Waals surface area contributed by atoms with Gasteiger partial charge < -0.3 is 14.2 Å². The highest BCUT2D eigenvalue weighted by Crippen LogP contribution is 2.38. The molecule has 33 heavy (non-hydrogen) atoms. The van der Waals surface area contributed by atoms with E-state index in [2.05, 4.69) is 15.9 Å². The molecule has 0 bridgehead atoms. The SMILES string of the molecule is O=C1/C(=C/c2cn(-c3ccccc3)nc2-c2ccc3c(c2)OCCO3)Oc2ccc(Br)cc21. The number of Topliss-reactive ketones (excluding diaryl/α,β-unsaturated/α-hetero) is 1. The Labute approximate surface area is 198 Å². The van der Waals surface area contributed by atoms with Gasteiger partial charge in [-0.15, -0.1) is 0 Å². The van der Waals surface area contributed by atoms with E-state index in [0.717, 1.165) is 21.3 Å². The normalized spacial score (nSPS) is 15.4. The lowest BCUT2D eigenvalue weighted by Crippen LogP contribution is -2.15. The summed E-state index contributed by atoms with van der Waals surface area (Å²) >= 11 is 3.42. The molecule has 3 heterocycles. The van der Waals surface area contributed by atoms with E-state index in [0.29, 0.717) is 41.7 Å². The van der Waals surface area contributed by atoms with Gasteiger partial charge in [0.1, 0.15) is 24.7 Å². The summed E-state index contributed by atoms with van der Waals surface area (Å²) in [6, 6.07) is 21.0. The van der Waals surface area contributed by atoms with E-state index in [1.54, 1.807) is 22.9 Å². The van der Waals surface area contributed by atoms with Gasteiger partial charge in [0.25, 0.3) is 0 Å². The molecule has 0 N–H and O–H groups in total. The Balaban J connectivity index is 1.47. The van der Waals surface area contributed by atoms with E-state index in [4.69, 9.17) is 19.3 Å². The van der Waals surface area contributed by atoms with Crippen LogP contribution in [0.5, 0.6) is 17.2 Å². The maximum absolute atomic E-state index is 13.0. The summed E-state index contributed by atoms with van der Waals surface area (Å²) in [7, 11) is 0. The molecular weight excluding hydrogens is 484 g/mol. The summed E-state index contributed by atoms with van der Waals surface area (Å²) < 4.78 is 19.9. The highest BCUT2D eigenvalue weighted by atomic mass is 79.9. The van der Waals surface area contributed by atoms with E-state index in [1.807, 2.05) is 60.8 Å². The molecule has 6 rings (SSSR count). The molecule has 2 aliphatic heterocycles. The highest BCUT2D eigenvalue weighted by Gasteiger charge is 2.28. The van der Waals surface area contributed by atoms with Crippen LogP contribution in [0.25, 0.3) is 23.0 Å². The Kier molecular flexibility index (Phi) is 4.77. The molecule has 6 nitrogen and oxygen atoms in total. The van der Waals surface area contributed by atoms with Gasteiger partial charge in [-0.1, -0.05) is 34.1 Å². The number of ketones is 1. The van der Waals surface area contributed by atoms with E-state index >= 15 is 0 Å². The van der Waals surface area contributed by atoms with E-state index in [9.17, 15) is 4.79 Å². The first-order valence-corrected chi connectivity index (χ1v) is 11.2. The summed E-state index contributed by atoms with van der Waals surface area (Å²) in [6.45, 7) is 1.03. The fourth-order valence-corrected chi connectivity index (χ4v) is 4.28. The van der Waals surface area contributed by atoms with Crippen molar-refractivity contribution in [3.05, 3.63) is 94.3 Å². The summed E-state index contributed by atoms with van der Waals surface area (Å²) in [4.78, 5) is 13.0. The number of hydrogen-bond donors (Lipinski definition) is 0. The average Bonchev–Trinajstić information content (AvgIpc) is 3.41. The van der Waals surface area contributed by atoms with Crippen LogP contribution in [0.1, 0.15) is 15.9 Å². The molecule has 0 spiro atoms. The number of hydrogen-bond acceptors (Lipinski definition) is 5. The van der Waals surface area contributed by atoms with Crippen molar-refractivity contribution in [2.24, 2.45) is 0 Å². The molecule has 4 aromatic rings. The molecule has 0 atom stereocenters. The summed E-state index contributed by atoms with van der Waals surface area (Å²) in [6.07, 6.45) is 3.64. The highest BCUT2D eigenvalue weighted by molar-refractivity contribution is 9.10. The van der Waals surface area contributed by atoms with Crippen LogP contribution in [0.3, 0.4) is 0 Å². The second-order valence-electron chi connectivity index (χ2n) is 7.65. The number of rotatable bonds is 3. The van der Waals surface area contributed by atoms with Crippen LogP contribution in [0.4, 0.5) is 0 Å². The van der Waals surface area contributed by atoms with E-state index in [-0.39, 0.29) is 11.5 Å². The van der Waals surface area contributed by atoms with Gasteiger partial charge in [-0.25, -0.2) is 4.68 Å². The fraction of sp³-hybridized carbons (Fsp3) is 0.0769. The monoisotopic (exact) mass is 500 g/mol. The standard InChI is InChI=1S/C26H17BrN2O4/c27-18-7-9-21-20(14-18)26(30)24(33-21)13-17-15-29(19-4-2-1-3-5-19)28-25(17)16-6-8-22-23(12-16)32-11-10-31-22/h1-9,12-15H,10-11H2/b24-13-. The third-order valence-corrected chi connectivity index (χ3v) is 5.99. The second kappa shape index (κ2) is 7.94. The predicted octanol–water partition coefficient (Wildman–Crippen LogP) is 5.69. The minimum absolute atomic E-state index is 0.160. The van der Waals surface area contributed by atoms with Gasteiger partial charge in [0.05, 0.1) is 11.3 Å². The lowest BCUT2D eigenvalue weighted by atomic mass is 10.1. The smallest absolute Gasteiger partial charge is 0.232 e. The van der Waals surface area contributed by atoms with Crippen molar-refractivity contribution in [2.45, 2.75) is 0 Å². The van der Waals surface area contributed by atoms with Crippen molar-refractivity contribution in [1.29, 1.82) is 0 Å². The van der Waals surface area contributed by atoms with E-state index < -0.39 is 0 Å². The number of para-hydroxylation sites is 1. The predicted molar refractivity (Wildman–Crippen MR) is 127 cm³/mol. The molecule has 0 fully saturated rings. The minimum Gasteiger partial charge on any atom is -0.486 e. The Morgan fingerprint density at radius 3 is 2.55 bits per heavy atom. The second-order valence-corrected chi connectivity index (χ2v) is 8.57. The molecule has 0 aliphatic carbocycles. The van der Waals surface area contributed by atoms with Crippen LogP contribution in [0.15, 0.2) is 83.2 Å². The molecule has 1 aromatic heterocycles. The summed E-state index contributed by atoms with van der Waals surface area (Å²) in [5, 5.41) is 4.83. The Hall–Kier alpha value is -3.84.